The number of hydrogen-bond donors (Lipinski definition) is 0. The molecule has 0 heteroatoms. The second-order valence-corrected chi connectivity index (χ2v) is 12.9. The molecule has 0 aliphatic carbocycles. The second-order valence-electron chi connectivity index (χ2n) is 12.9. The summed E-state index contributed by atoms with van der Waals surface area (Å²) in [5.74, 6) is 0. The molecule has 0 heterocycles. The van der Waals surface area contributed by atoms with Crippen LogP contribution in [0.1, 0.15) is 0 Å². The van der Waals surface area contributed by atoms with Crippen LogP contribution in [0.2, 0.25) is 0 Å². The lowest BCUT2D eigenvalue weighted by Gasteiger charge is -2.17. The summed E-state index contributed by atoms with van der Waals surface area (Å²) in [6.07, 6.45) is 0. The highest BCUT2D eigenvalue weighted by atomic mass is 14.2. The maximum atomic E-state index is 2.44. The standard InChI is InChI=1S/C48H30/c1-4-16-37-31(11-1)14-9-21-39(37)34-23-25-42-36(27-34)30-48(46-28-33-13-3-6-18-41(33)43-19-7-8-20-44(43)46)47-29-35(24-26-45(42)47)40-22-10-15-32-12-2-5-17-38(32)40/h1-30H. The highest BCUT2D eigenvalue weighted by molar-refractivity contribution is 6.21. The van der Waals surface area contributed by atoms with E-state index in [0.717, 1.165) is 0 Å². The molecule has 0 saturated carbocycles. The van der Waals surface area contributed by atoms with Crippen LogP contribution < -0.4 is 0 Å². The van der Waals surface area contributed by atoms with Crippen LogP contribution in [0, 0.1) is 0 Å². The van der Waals surface area contributed by atoms with Crippen LogP contribution >= 0.6 is 0 Å². The first-order chi connectivity index (χ1) is 23.8. The minimum absolute atomic E-state index is 1.23. The molecule has 0 N–H and O–H groups in total. The molecular weight excluding hydrogens is 577 g/mol. The zero-order valence-corrected chi connectivity index (χ0v) is 26.3. The van der Waals surface area contributed by atoms with Crippen LogP contribution in [0.3, 0.4) is 0 Å². The predicted octanol–water partition coefficient (Wildman–Crippen LogP) is 13.6. The van der Waals surface area contributed by atoms with E-state index in [0.29, 0.717) is 0 Å². The monoisotopic (exact) mass is 606 g/mol. The molecule has 0 spiro atoms. The van der Waals surface area contributed by atoms with Crippen LogP contribution in [0.15, 0.2) is 182 Å². The molecule has 0 fully saturated rings. The van der Waals surface area contributed by atoms with Gasteiger partial charge in [0.05, 0.1) is 0 Å². The Hall–Kier alpha value is -6.24. The highest BCUT2D eigenvalue weighted by Gasteiger charge is 2.16. The quantitative estimate of drug-likeness (QED) is 0.176. The molecule has 0 atom stereocenters. The fourth-order valence-corrected chi connectivity index (χ4v) is 7.95. The van der Waals surface area contributed by atoms with E-state index in [1.165, 1.54) is 98.0 Å². The van der Waals surface area contributed by atoms with Gasteiger partial charge < -0.3 is 0 Å². The molecule has 0 amide bonds. The van der Waals surface area contributed by atoms with Gasteiger partial charge in [-0.25, -0.2) is 0 Å². The molecule has 0 aliphatic heterocycles. The van der Waals surface area contributed by atoms with Crippen molar-refractivity contribution < 1.29 is 0 Å². The minimum atomic E-state index is 1.23. The number of fused-ring (bicyclic) bond motifs is 8. The molecule has 10 aromatic rings. The highest BCUT2D eigenvalue weighted by Crippen LogP contribution is 2.43. The third-order valence-corrected chi connectivity index (χ3v) is 10.2. The minimum Gasteiger partial charge on any atom is -0.0616 e. The maximum Gasteiger partial charge on any atom is -0.00923 e. The first-order valence-corrected chi connectivity index (χ1v) is 16.7. The van der Waals surface area contributed by atoms with Crippen molar-refractivity contribution in [1.82, 2.24) is 0 Å². The summed E-state index contributed by atoms with van der Waals surface area (Å²) < 4.78 is 0. The van der Waals surface area contributed by atoms with E-state index in [-0.39, 0.29) is 0 Å². The summed E-state index contributed by atoms with van der Waals surface area (Å²) in [6, 6.07) is 67.2. The summed E-state index contributed by atoms with van der Waals surface area (Å²) in [5, 5.41) is 15.2. The van der Waals surface area contributed by atoms with Gasteiger partial charge in [0.2, 0.25) is 0 Å². The van der Waals surface area contributed by atoms with Gasteiger partial charge in [-0.3, -0.25) is 0 Å². The molecule has 0 saturated heterocycles. The first kappa shape index (κ1) is 26.9. The average molecular weight is 607 g/mol. The van der Waals surface area contributed by atoms with Crippen molar-refractivity contribution >= 4 is 64.6 Å². The van der Waals surface area contributed by atoms with Crippen LogP contribution in [0.25, 0.3) is 98.0 Å². The Labute approximate surface area is 279 Å². The van der Waals surface area contributed by atoms with E-state index in [1.807, 2.05) is 0 Å². The first-order valence-electron chi connectivity index (χ1n) is 16.7. The molecule has 0 aromatic heterocycles. The van der Waals surface area contributed by atoms with E-state index in [4.69, 9.17) is 0 Å². The molecule has 48 heavy (non-hydrogen) atoms. The largest absolute Gasteiger partial charge is 0.0616 e. The lowest BCUT2D eigenvalue weighted by Crippen LogP contribution is -1.90. The van der Waals surface area contributed by atoms with Crippen LogP contribution in [-0.2, 0) is 0 Å². The molecule has 0 aliphatic rings. The van der Waals surface area contributed by atoms with Gasteiger partial charge in [0.15, 0.2) is 0 Å². The Balaban J connectivity index is 1.31. The smallest absolute Gasteiger partial charge is 0.00923 e. The van der Waals surface area contributed by atoms with Gasteiger partial charge in [-0.2, -0.15) is 0 Å². The summed E-state index contributed by atoms with van der Waals surface area (Å²) >= 11 is 0. The molecule has 0 radical (unpaired) electrons. The Kier molecular flexibility index (Phi) is 5.98. The van der Waals surface area contributed by atoms with Crippen LogP contribution in [0.4, 0.5) is 0 Å². The SMILES string of the molecule is c1ccc2c(-c3ccc4c(c3)cc(-c3cc5ccccc5c5ccccc35)c3cc(-c5cccc6ccccc56)ccc34)cccc2c1. The average Bonchev–Trinajstić information content (AvgIpc) is 3.16. The van der Waals surface area contributed by atoms with E-state index < -0.39 is 0 Å². The van der Waals surface area contributed by atoms with Gasteiger partial charge in [0.25, 0.3) is 0 Å². The van der Waals surface area contributed by atoms with E-state index >= 15 is 0 Å². The van der Waals surface area contributed by atoms with Gasteiger partial charge in [0, 0.05) is 0 Å². The van der Waals surface area contributed by atoms with Crippen molar-refractivity contribution in [3.63, 3.8) is 0 Å². The van der Waals surface area contributed by atoms with Crippen molar-refractivity contribution in [1.29, 1.82) is 0 Å². The summed E-state index contributed by atoms with van der Waals surface area (Å²) in [5.41, 5.74) is 7.52. The zero-order valence-electron chi connectivity index (χ0n) is 26.3. The van der Waals surface area contributed by atoms with E-state index in [2.05, 4.69) is 182 Å². The maximum absolute atomic E-state index is 2.44. The molecule has 10 rings (SSSR count). The fourth-order valence-electron chi connectivity index (χ4n) is 7.95. The van der Waals surface area contributed by atoms with Crippen molar-refractivity contribution in [2.75, 3.05) is 0 Å². The number of rotatable bonds is 3. The fraction of sp³-hybridized carbons (Fsp3) is 0. The van der Waals surface area contributed by atoms with E-state index in [9.17, 15) is 0 Å². The van der Waals surface area contributed by atoms with Crippen molar-refractivity contribution in [3.05, 3.63) is 182 Å². The van der Waals surface area contributed by atoms with Crippen molar-refractivity contribution in [3.8, 4) is 33.4 Å². The lowest BCUT2D eigenvalue weighted by atomic mass is 9.86. The Morgan fingerprint density at radius 2 is 0.625 bits per heavy atom. The van der Waals surface area contributed by atoms with Crippen LogP contribution in [0.5, 0.6) is 0 Å². The number of hydrogen-bond acceptors (Lipinski definition) is 0. The Bertz CT molecular complexity index is 2880. The third-order valence-electron chi connectivity index (χ3n) is 10.2. The summed E-state index contributed by atoms with van der Waals surface area (Å²) in [7, 11) is 0. The Morgan fingerprint density at radius 1 is 0.188 bits per heavy atom. The molecule has 0 bridgehead atoms. The molecular formula is C48H30. The third kappa shape index (κ3) is 4.16. The second kappa shape index (κ2) is 10.7. The van der Waals surface area contributed by atoms with E-state index in [1.54, 1.807) is 0 Å². The van der Waals surface area contributed by atoms with Crippen molar-refractivity contribution in [2.45, 2.75) is 0 Å². The molecule has 222 valence electrons. The van der Waals surface area contributed by atoms with Gasteiger partial charge in [-0.05, 0) is 122 Å². The normalized spacial score (nSPS) is 11.8. The summed E-state index contributed by atoms with van der Waals surface area (Å²) in [6.45, 7) is 0. The zero-order chi connectivity index (χ0) is 31.6. The van der Waals surface area contributed by atoms with Gasteiger partial charge >= 0.3 is 0 Å². The summed E-state index contributed by atoms with van der Waals surface area (Å²) in [4.78, 5) is 0. The lowest BCUT2D eigenvalue weighted by molar-refractivity contribution is 1.67. The molecule has 10 aromatic carbocycles. The van der Waals surface area contributed by atoms with Crippen molar-refractivity contribution in [2.24, 2.45) is 0 Å². The van der Waals surface area contributed by atoms with Gasteiger partial charge in [-0.1, -0.05) is 158 Å². The molecule has 0 nitrogen and oxygen atoms in total. The predicted molar refractivity (Wildman–Crippen MR) is 208 cm³/mol. The van der Waals surface area contributed by atoms with Gasteiger partial charge in [-0.15, -0.1) is 0 Å². The number of benzene rings is 10. The molecule has 0 unspecified atom stereocenters. The van der Waals surface area contributed by atoms with Crippen LogP contribution in [-0.4, -0.2) is 0 Å². The Morgan fingerprint density at radius 3 is 1.31 bits per heavy atom. The topological polar surface area (TPSA) is 0 Å². The van der Waals surface area contributed by atoms with Gasteiger partial charge in [0.1, 0.15) is 0 Å².